The Morgan fingerprint density at radius 2 is 2.33 bits per heavy atom. The molecule has 0 aromatic carbocycles. The van der Waals surface area contributed by atoms with Crippen LogP contribution in [0.4, 0.5) is 5.95 Å². The minimum absolute atomic E-state index is 0.519. The number of methoxy groups -OCH3 is 1. The van der Waals surface area contributed by atoms with Crippen LogP contribution < -0.4 is 10.1 Å². The van der Waals surface area contributed by atoms with Crippen LogP contribution in [-0.4, -0.2) is 33.4 Å². The summed E-state index contributed by atoms with van der Waals surface area (Å²) in [7, 11) is 3.48. The highest BCUT2D eigenvalue weighted by molar-refractivity contribution is 9.10. The molecule has 0 spiro atoms. The van der Waals surface area contributed by atoms with E-state index in [1.807, 2.05) is 19.3 Å². The Bertz CT molecular complexity index is 528. The maximum Gasteiger partial charge on any atom is 0.232 e. The summed E-state index contributed by atoms with van der Waals surface area (Å²) in [5, 5.41) is 7.43. The summed E-state index contributed by atoms with van der Waals surface area (Å²) in [6.45, 7) is 0.724. The minimum atomic E-state index is 0.519. The summed E-state index contributed by atoms with van der Waals surface area (Å²) in [6.07, 6.45) is 4.41. The van der Waals surface area contributed by atoms with Crippen LogP contribution in [0.5, 0.6) is 5.88 Å². The normalized spacial score (nSPS) is 10.4. The van der Waals surface area contributed by atoms with Gasteiger partial charge in [0, 0.05) is 26.2 Å². The molecule has 0 aliphatic heterocycles. The van der Waals surface area contributed by atoms with Gasteiger partial charge in [0.05, 0.1) is 23.5 Å². The van der Waals surface area contributed by atoms with Crippen molar-refractivity contribution in [2.45, 2.75) is 6.42 Å². The smallest absolute Gasteiger partial charge is 0.232 e. The van der Waals surface area contributed by atoms with Gasteiger partial charge in [-0.1, -0.05) is 0 Å². The van der Waals surface area contributed by atoms with Gasteiger partial charge in [0.25, 0.3) is 0 Å². The van der Waals surface area contributed by atoms with Crippen molar-refractivity contribution in [2.24, 2.45) is 7.05 Å². The Hall–Kier alpha value is -1.63. The van der Waals surface area contributed by atoms with Gasteiger partial charge in [0.2, 0.25) is 11.8 Å². The van der Waals surface area contributed by atoms with E-state index >= 15 is 0 Å². The van der Waals surface area contributed by atoms with Gasteiger partial charge in [-0.05, 0) is 22.0 Å². The molecule has 0 aliphatic rings. The van der Waals surface area contributed by atoms with E-state index in [-0.39, 0.29) is 0 Å². The third-order valence-electron chi connectivity index (χ3n) is 2.34. The predicted octanol–water partition coefficient (Wildman–Crippen LogP) is 1.64. The lowest BCUT2D eigenvalue weighted by atomic mass is 10.3. The third kappa shape index (κ3) is 3.19. The molecule has 0 radical (unpaired) electrons. The Morgan fingerprint density at radius 1 is 1.50 bits per heavy atom. The van der Waals surface area contributed by atoms with E-state index in [0.717, 1.165) is 23.1 Å². The Kier molecular flexibility index (Phi) is 4.14. The standard InChI is InChI=1S/C11H14BrN5O/c1-17-6-4-8(16-17)3-5-13-11-14-7-9(12)10(15-11)18-2/h4,6-7H,3,5H2,1-2H3,(H,13,14,15). The zero-order chi connectivity index (χ0) is 13.0. The Labute approximate surface area is 114 Å². The van der Waals surface area contributed by atoms with Crippen LogP contribution in [0.2, 0.25) is 0 Å². The largest absolute Gasteiger partial charge is 0.480 e. The van der Waals surface area contributed by atoms with Crippen molar-refractivity contribution in [3.8, 4) is 5.88 Å². The van der Waals surface area contributed by atoms with Crippen molar-refractivity contribution in [2.75, 3.05) is 19.0 Å². The average molecular weight is 312 g/mol. The molecule has 6 nitrogen and oxygen atoms in total. The summed E-state index contributed by atoms with van der Waals surface area (Å²) >= 11 is 3.31. The summed E-state index contributed by atoms with van der Waals surface area (Å²) in [4.78, 5) is 8.36. The van der Waals surface area contributed by atoms with E-state index < -0.39 is 0 Å². The molecule has 2 aromatic heterocycles. The summed E-state index contributed by atoms with van der Waals surface area (Å²) in [5.74, 6) is 1.07. The molecule has 0 aliphatic carbocycles. The van der Waals surface area contributed by atoms with Crippen molar-refractivity contribution >= 4 is 21.9 Å². The Balaban J connectivity index is 1.90. The highest BCUT2D eigenvalue weighted by Gasteiger charge is 2.04. The molecule has 2 aromatic rings. The third-order valence-corrected chi connectivity index (χ3v) is 2.88. The fourth-order valence-electron chi connectivity index (χ4n) is 1.48. The van der Waals surface area contributed by atoms with Gasteiger partial charge in [-0.15, -0.1) is 0 Å². The zero-order valence-corrected chi connectivity index (χ0v) is 11.8. The van der Waals surface area contributed by atoms with Crippen LogP contribution in [0.1, 0.15) is 5.69 Å². The van der Waals surface area contributed by atoms with Crippen molar-refractivity contribution < 1.29 is 4.74 Å². The number of halogens is 1. The molecule has 7 heteroatoms. The van der Waals surface area contributed by atoms with Gasteiger partial charge >= 0.3 is 0 Å². The van der Waals surface area contributed by atoms with Crippen molar-refractivity contribution in [1.82, 2.24) is 19.7 Å². The zero-order valence-electron chi connectivity index (χ0n) is 10.2. The second kappa shape index (κ2) is 5.81. The van der Waals surface area contributed by atoms with Crippen LogP contribution in [0, 0.1) is 0 Å². The van der Waals surface area contributed by atoms with Gasteiger partial charge in [0.1, 0.15) is 0 Å². The van der Waals surface area contributed by atoms with E-state index in [2.05, 4.69) is 36.3 Å². The molecular weight excluding hydrogens is 298 g/mol. The average Bonchev–Trinajstić information content (AvgIpc) is 2.77. The molecule has 0 atom stereocenters. The second-order valence-electron chi connectivity index (χ2n) is 3.71. The van der Waals surface area contributed by atoms with Gasteiger partial charge in [-0.3, -0.25) is 4.68 Å². The summed E-state index contributed by atoms with van der Waals surface area (Å²) in [5.41, 5.74) is 1.04. The summed E-state index contributed by atoms with van der Waals surface area (Å²) < 4.78 is 7.62. The number of nitrogens with zero attached hydrogens (tertiary/aromatic N) is 4. The second-order valence-corrected chi connectivity index (χ2v) is 4.56. The number of aromatic nitrogens is 4. The van der Waals surface area contributed by atoms with Crippen LogP contribution in [0.3, 0.4) is 0 Å². The SMILES string of the molecule is COc1nc(NCCc2ccn(C)n2)ncc1Br. The van der Waals surface area contributed by atoms with E-state index in [1.165, 1.54) is 0 Å². The number of anilines is 1. The predicted molar refractivity (Wildman–Crippen MR) is 71.7 cm³/mol. The van der Waals surface area contributed by atoms with Crippen molar-refractivity contribution in [3.05, 3.63) is 28.6 Å². The fraction of sp³-hybridized carbons (Fsp3) is 0.364. The number of rotatable bonds is 5. The quantitative estimate of drug-likeness (QED) is 0.909. The molecule has 96 valence electrons. The maximum atomic E-state index is 5.10. The first-order valence-corrected chi connectivity index (χ1v) is 6.27. The molecule has 1 N–H and O–H groups in total. The Morgan fingerprint density at radius 3 is 3.00 bits per heavy atom. The molecule has 0 bridgehead atoms. The first-order valence-electron chi connectivity index (χ1n) is 5.48. The van der Waals surface area contributed by atoms with Crippen LogP contribution in [0.25, 0.3) is 0 Å². The van der Waals surface area contributed by atoms with Crippen LogP contribution >= 0.6 is 15.9 Å². The first-order chi connectivity index (χ1) is 8.69. The maximum absolute atomic E-state index is 5.10. The molecule has 18 heavy (non-hydrogen) atoms. The van der Waals surface area contributed by atoms with E-state index in [9.17, 15) is 0 Å². The van der Waals surface area contributed by atoms with Gasteiger partial charge in [-0.2, -0.15) is 10.1 Å². The molecule has 2 heterocycles. The van der Waals surface area contributed by atoms with E-state index in [1.54, 1.807) is 18.0 Å². The molecular formula is C11H14BrN5O. The number of ether oxygens (including phenoxy) is 1. The number of aryl methyl sites for hydroxylation is 1. The number of nitrogens with one attached hydrogen (secondary N) is 1. The molecule has 2 rings (SSSR count). The fourth-order valence-corrected chi connectivity index (χ4v) is 1.83. The van der Waals surface area contributed by atoms with Gasteiger partial charge in [-0.25, -0.2) is 4.98 Å². The lowest BCUT2D eigenvalue weighted by molar-refractivity contribution is 0.394. The van der Waals surface area contributed by atoms with Crippen LogP contribution in [0.15, 0.2) is 22.9 Å². The molecule has 0 amide bonds. The van der Waals surface area contributed by atoms with Crippen molar-refractivity contribution in [3.63, 3.8) is 0 Å². The van der Waals surface area contributed by atoms with Crippen molar-refractivity contribution in [1.29, 1.82) is 0 Å². The minimum Gasteiger partial charge on any atom is -0.480 e. The molecule has 0 saturated heterocycles. The topological polar surface area (TPSA) is 64.9 Å². The van der Waals surface area contributed by atoms with Crippen LogP contribution in [-0.2, 0) is 13.5 Å². The lowest BCUT2D eigenvalue weighted by Gasteiger charge is -2.06. The molecule has 0 saturated carbocycles. The number of hydrogen-bond acceptors (Lipinski definition) is 5. The lowest BCUT2D eigenvalue weighted by Crippen LogP contribution is -2.09. The number of hydrogen-bond donors (Lipinski definition) is 1. The first kappa shape index (κ1) is 12.8. The van der Waals surface area contributed by atoms with Gasteiger partial charge in [0.15, 0.2) is 0 Å². The highest BCUT2D eigenvalue weighted by atomic mass is 79.9. The molecule has 0 fully saturated rings. The monoisotopic (exact) mass is 311 g/mol. The molecule has 0 unspecified atom stereocenters. The van der Waals surface area contributed by atoms with Gasteiger partial charge < -0.3 is 10.1 Å². The highest BCUT2D eigenvalue weighted by Crippen LogP contribution is 2.21. The summed E-state index contributed by atoms with van der Waals surface area (Å²) in [6, 6.07) is 1.99. The van der Waals surface area contributed by atoms with E-state index in [0.29, 0.717) is 11.8 Å². The van der Waals surface area contributed by atoms with E-state index in [4.69, 9.17) is 4.74 Å².